The van der Waals surface area contributed by atoms with Crippen molar-refractivity contribution in [2.75, 3.05) is 0 Å². The Hall–Kier alpha value is -1.83. The summed E-state index contributed by atoms with van der Waals surface area (Å²) < 4.78 is 5.35. The van der Waals surface area contributed by atoms with Crippen LogP contribution in [0.1, 0.15) is 62.3 Å². The van der Waals surface area contributed by atoms with E-state index in [0.717, 1.165) is 0 Å². The molecule has 8 nitrogen and oxygen atoms in total. The maximum absolute atomic E-state index is 12.9. The first-order valence-electron chi connectivity index (χ1n) is 9.92. The number of carbonyl (C=O) groups excluding carboxylic acids is 1. The zero-order chi connectivity index (χ0) is 23.0. The van der Waals surface area contributed by atoms with Crippen LogP contribution in [-0.2, 0) is 14.3 Å². The molecule has 2 rings (SSSR count). The van der Waals surface area contributed by atoms with Gasteiger partial charge >= 0.3 is 18.0 Å². The highest BCUT2D eigenvalue weighted by molar-refractivity contribution is 5.92. The number of carbonyl (C=O) groups is 3. The molecule has 29 heavy (non-hydrogen) atoms. The number of alkyl carbamates (subject to hydrolysis) is 1. The van der Waals surface area contributed by atoms with Crippen LogP contribution in [0.4, 0.5) is 4.79 Å². The Balaban J connectivity index is 2.79. The summed E-state index contributed by atoms with van der Waals surface area (Å²) in [5.74, 6) is -5.34. The molecule has 0 radical (unpaired) electrons. The molecule has 2 aliphatic rings. The molecular weight excluding hydrogens is 378 g/mol. The quantitative estimate of drug-likeness (QED) is 0.559. The molecule has 0 aromatic heterocycles. The van der Waals surface area contributed by atoms with Crippen molar-refractivity contribution >= 4 is 18.0 Å². The monoisotopic (exact) mass is 413 g/mol. The molecule has 0 aromatic rings. The van der Waals surface area contributed by atoms with Gasteiger partial charge in [0.1, 0.15) is 5.60 Å². The van der Waals surface area contributed by atoms with Gasteiger partial charge in [0.05, 0.1) is 12.0 Å². The Bertz CT molecular complexity index is 727. The zero-order valence-corrected chi connectivity index (χ0v) is 18.8. The summed E-state index contributed by atoms with van der Waals surface area (Å²) in [5, 5.41) is 34.2. The first kappa shape index (κ1) is 23.4. The number of ether oxygens (including phenoxy) is 1. The summed E-state index contributed by atoms with van der Waals surface area (Å²) in [6.45, 7) is 15.6. The number of aliphatic hydroxyl groups is 1. The predicted molar refractivity (Wildman–Crippen MR) is 105 cm³/mol. The SMILES string of the molecule is CC(C)(C)OC(=O)N[C@@]1(C(=O)O)C(C(C)(C)C)[C@@H](O)C2C(C(=O)O)C21C(C)(C)C. The van der Waals surface area contributed by atoms with Crippen LogP contribution < -0.4 is 5.32 Å². The lowest BCUT2D eigenvalue weighted by molar-refractivity contribution is -0.163. The third kappa shape index (κ3) is 3.10. The predicted octanol–water partition coefficient (Wildman–Crippen LogP) is 2.73. The second kappa shape index (κ2) is 6.33. The van der Waals surface area contributed by atoms with E-state index in [9.17, 15) is 29.7 Å². The van der Waals surface area contributed by atoms with Gasteiger partial charge in [-0.25, -0.2) is 9.59 Å². The van der Waals surface area contributed by atoms with Gasteiger partial charge in [-0.1, -0.05) is 41.5 Å². The van der Waals surface area contributed by atoms with Crippen molar-refractivity contribution in [3.63, 3.8) is 0 Å². The van der Waals surface area contributed by atoms with Crippen molar-refractivity contribution in [1.82, 2.24) is 5.32 Å². The van der Waals surface area contributed by atoms with Gasteiger partial charge in [-0.05, 0) is 31.6 Å². The van der Waals surface area contributed by atoms with E-state index in [2.05, 4.69) is 5.32 Å². The highest BCUT2D eigenvalue weighted by atomic mass is 16.6. The Morgan fingerprint density at radius 1 is 0.931 bits per heavy atom. The summed E-state index contributed by atoms with van der Waals surface area (Å²) in [7, 11) is 0. The Labute approximate surface area is 172 Å². The van der Waals surface area contributed by atoms with Crippen LogP contribution in [0.25, 0.3) is 0 Å². The molecule has 0 heterocycles. The normalized spacial score (nSPS) is 36.9. The Morgan fingerprint density at radius 2 is 1.41 bits per heavy atom. The third-order valence-electron chi connectivity index (χ3n) is 6.57. The van der Waals surface area contributed by atoms with Gasteiger partial charge in [-0.3, -0.25) is 4.79 Å². The fraction of sp³-hybridized carbons (Fsp3) is 0.857. The van der Waals surface area contributed by atoms with E-state index in [1.54, 1.807) is 62.3 Å². The standard InChI is InChI=1S/C21H35NO7/c1-17(2,3)13-12(23)10-11(14(24)25)20(10,18(4,5)6)21(13,15(26)27)22-16(28)29-19(7,8)9/h10-13,23H,1-9H3,(H,22,28)(H,24,25)(H,26,27)/t10?,11?,12-,13?,20?,21+/m0/s1. The van der Waals surface area contributed by atoms with Gasteiger partial charge in [0.2, 0.25) is 0 Å². The van der Waals surface area contributed by atoms with Gasteiger partial charge in [-0.2, -0.15) is 0 Å². The molecule has 4 unspecified atom stereocenters. The van der Waals surface area contributed by atoms with E-state index in [0.29, 0.717) is 0 Å². The summed E-state index contributed by atoms with van der Waals surface area (Å²) in [5.41, 5.74) is -5.84. The first-order valence-corrected chi connectivity index (χ1v) is 9.92. The van der Waals surface area contributed by atoms with Crippen molar-refractivity contribution in [3.05, 3.63) is 0 Å². The minimum atomic E-state index is -2.01. The molecule has 2 fully saturated rings. The Kier molecular flexibility index (Phi) is 5.12. The van der Waals surface area contributed by atoms with E-state index in [4.69, 9.17) is 4.74 Å². The fourth-order valence-corrected chi connectivity index (χ4v) is 6.19. The van der Waals surface area contributed by atoms with Crippen LogP contribution in [0.2, 0.25) is 0 Å². The number of carboxylic acids is 2. The van der Waals surface area contributed by atoms with Crippen molar-refractivity contribution in [2.45, 2.75) is 79.6 Å². The van der Waals surface area contributed by atoms with Crippen molar-refractivity contribution in [2.24, 2.45) is 34.0 Å². The number of fused-ring (bicyclic) bond motifs is 1. The van der Waals surface area contributed by atoms with Crippen molar-refractivity contribution in [3.8, 4) is 0 Å². The number of aliphatic carboxylic acids is 2. The zero-order valence-electron chi connectivity index (χ0n) is 18.8. The van der Waals surface area contributed by atoms with E-state index in [-0.39, 0.29) is 0 Å². The number of amides is 1. The maximum atomic E-state index is 12.9. The van der Waals surface area contributed by atoms with Gasteiger partial charge < -0.3 is 25.4 Å². The lowest BCUT2D eigenvalue weighted by atomic mass is 9.57. The number of carboxylic acid groups (broad SMARTS) is 2. The number of nitrogens with one attached hydrogen (secondary N) is 1. The second-order valence-electron chi connectivity index (χ2n) is 11.5. The van der Waals surface area contributed by atoms with Crippen LogP contribution >= 0.6 is 0 Å². The molecule has 2 saturated carbocycles. The lowest BCUT2D eigenvalue weighted by Gasteiger charge is -2.50. The smallest absolute Gasteiger partial charge is 0.408 e. The van der Waals surface area contributed by atoms with Gasteiger partial charge in [0, 0.05) is 17.3 Å². The second-order valence-corrected chi connectivity index (χ2v) is 11.5. The molecule has 0 spiro atoms. The number of aliphatic hydroxyl groups excluding tert-OH is 1. The largest absolute Gasteiger partial charge is 0.481 e. The summed E-state index contributed by atoms with van der Waals surface area (Å²) in [6.07, 6.45) is -2.15. The van der Waals surface area contributed by atoms with Crippen LogP contribution in [0.5, 0.6) is 0 Å². The molecule has 0 saturated heterocycles. The fourth-order valence-electron chi connectivity index (χ4n) is 6.19. The van der Waals surface area contributed by atoms with E-state index < -0.39 is 69.3 Å². The number of hydrogen-bond donors (Lipinski definition) is 4. The van der Waals surface area contributed by atoms with Crippen LogP contribution in [0.15, 0.2) is 0 Å². The van der Waals surface area contributed by atoms with Crippen LogP contribution in [0.3, 0.4) is 0 Å². The summed E-state index contributed by atoms with van der Waals surface area (Å²) in [4.78, 5) is 37.8. The molecule has 0 bridgehead atoms. The molecular formula is C21H35NO7. The number of rotatable bonds is 3. The van der Waals surface area contributed by atoms with Gasteiger partial charge in [0.25, 0.3) is 0 Å². The highest BCUT2D eigenvalue weighted by Crippen LogP contribution is 2.81. The van der Waals surface area contributed by atoms with Crippen molar-refractivity contribution < 1.29 is 34.4 Å². The van der Waals surface area contributed by atoms with Gasteiger partial charge in [0.15, 0.2) is 5.54 Å². The minimum absolute atomic E-state index is 0.735. The maximum Gasteiger partial charge on any atom is 0.408 e. The van der Waals surface area contributed by atoms with E-state index in [1.165, 1.54) is 0 Å². The van der Waals surface area contributed by atoms with Gasteiger partial charge in [-0.15, -0.1) is 0 Å². The molecule has 2 aliphatic carbocycles. The number of hydrogen-bond acceptors (Lipinski definition) is 5. The van der Waals surface area contributed by atoms with E-state index >= 15 is 0 Å². The third-order valence-corrected chi connectivity index (χ3v) is 6.57. The van der Waals surface area contributed by atoms with E-state index in [1.807, 2.05) is 0 Å². The minimum Gasteiger partial charge on any atom is -0.481 e. The molecule has 8 heteroatoms. The lowest BCUT2D eigenvalue weighted by Crippen LogP contribution is -2.70. The average molecular weight is 414 g/mol. The molecule has 4 N–H and O–H groups in total. The Morgan fingerprint density at radius 3 is 1.72 bits per heavy atom. The summed E-state index contributed by atoms with van der Waals surface area (Å²) >= 11 is 0. The van der Waals surface area contributed by atoms with Crippen molar-refractivity contribution in [1.29, 1.82) is 0 Å². The highest BCUT2D eigenvalue weighted by Gasteiger charge is 2.92. The molecule has 6 atom stereocenters. The topological polar surface area (TPSA) is 133 Å². The van der Waals surface area contributed by atoms with Crippen LogP contribution in [-0.4, -0.2) is 50.6 Å². The molecule has 0 aromatic carbocycles. The molecule has 0 aliphatic heterocycles. The van der Waals surface area contributed by atoms with Crippen LogP contribution in [0, 0.1) is 34.0 Å². The molecule has 166 valence electrons. The summed E-state index contributed by atoms with van der Waals surface area (Å²) in [6, 6.07) is 0. The first-order chi connectivity index (χ1) is 12.8. The molecule has 1 amide bonds. The average Bonchev–Trinajstić information content (AvgIpc) is 3.08.